The van der Waals surface area contributed by atoms with Crippen LogP contribution < -0.4 is 0 Å². The molecule has 0 N–H and O–H groups in total. The highest BCUT2D eigenvalue weighted by Crippen LogP contribution is 2.20. The summed E-state index contributed by atoms with van der Waals surface area (Å²) in [6.45, 7) is 1.71. The molecule has 1 aromatic carbocycles. The molecule has 2 rings (SSSR count). The Bertz CT molecular complexity index is 560. The molecule has 0 atom stereocenters. The summed E-state index contributed by atoms with van der Waals surface area (Å²) in [5, 5.41) is 0.390. The predicted molar refractivity (Wildman–Crippen MR) is 62.9 cm³/mol. The van der Waals surface area contributed by atoms with Gasteiger partial charge in [-0.1, -0.05) is 11.6 Å². The number of hydrogen-bond acceptors (Lipinski definition) is 2. The Morgan fingerprint density at radius 3 is 2.82 bits per heavy atom. The molecule has 1 heterocycles. The number of furan rings is 1. The molecule has 0 aliphatic rings. The summed E-state index contributed by atoms with van der Waals surface area (Å²) < 4.78 is 18.1. The number of ketones is 1. The Kier molecular flexibility index (Phi) is 3.29. The van der Waals surface area contributed by atoms with Crippen molar-refractivity contribution >= 4 is 17.4 Å². The highest BCUT2D eigenvalue weighted by Gasteiger charge is 2.14. The summed E-state index contributed by atoms with van der Waals surface area (Å²) in [5.41, 5.74) is 0.989. The number of hydrogen-bond donors (Lipinski definition) is 0. The lowest BCUT2D eigenvalue weighted by molar-refractivity contribution is 0.0991. The van der Waals surface area contributed by atoms with Gasteiger partial charge in [-0.15, -0.1) is 0 Å². The average molecular weight is 253 g/mol. The third-order valence-corrected chi connectivity index (χ3v) is 2.89. The van der Waals surface area contributed by atoms with Gasteiger partial charge >= 0.3 is 0 Å². The van der Waals surface area contributed by atoms with Crippen molar-refractivity contribution in [2.45, 2.75) is 13.3 Å². The van der Waals surface area contributed by atoms with E-state index >= 15 is 0 Å². The van der Waals surface area contributed by atoms with Crippen molar-refractivity contribution < 1.29 is 13.6 Å². The van der Waals surface area contributed by atoms with Crippen LogP contribution in [0, 0.1) is 12.7 Å². The van der Waals surface area contributed by atoms with Crippen molar-refractivity contribution in [1.29, 1.82) is 0 Å². The van der Waals surface area contributed by atoms with E-state index in [1.165, 1.54) is 24.5 Å². The van der Waals surface area contributed by atoms with E-state index in [0.29, 0.717) is 21.9 Å². The molecule has 2 aromatic rings. The first-order valence-corrected chi connectivity index (χ1v) is 5.47. The lowest BCUT2D eigenvalue weighted by Gasteiger charge is -2.03. The number of carbonyl (C=O) groups is 1. The van der Waals surface area contributed by atoms with Crippen LogP contribution in [-0.4, -0.2) is 5.78 Å². The van der Waals surface area contributed by atoms with E-state index in [4.69, 9.17) is 16.0 Å². The van der Waals surface area contributed by atoms with E-state index < -0.39 is 5.82 Å². The first kappa shape index (κ1) is 11.9. The van der Waals surface area contributed by atoms with Crippen LogP contribution in [-0.2, 0) is 6.42 Å². The van der Waals surface area contributed by atoms with Crippen molar-refractivity contribution in [3.8, 4) is 0 Å². The zero-order valence-corrected chi connectivity index (χ0v) is 9.92. The first-order valence-electron chi connectivity index (χ1n) is 5.09. The molecule has 1 aromatic heterocycles. The molecule has 0 bridgehead atoms. The van der Waals surface area contributed by atoms with Crippen molar-refractivity contribution in [1.82, 2.24) is 0 Å². The highest BCUT2D eigenvalue weighted by molar-refractivity contribution is 6.31. The minimum Gasteiger partial charge on any atom is -0.469 e. The minimum atomic E-state index is -0.402. The Morgan fingerprint density at radius 1 is 1.41 bits per heavy atom. The second kappa shape index (κ2) is 4.72. The summed E-state index contributed by atoms with van der Waals surface area (Å²) >= 11 is 5.90. The molecule has 0 aliphatic carbocycles. The van der Waals surface area contributed by atoms with Gasteiger partial charge in [-0.3, -0.25) is 4.79 Å². The van der Waals surface area contributed by atoms with Gasteiger partial charge in [0.2, 0.25) is 0 Å². The Labute approximate surface area is 103 Å². The van der Waals surface area contributed by atoms with Gasteiger partial charge in [-0.2, -0.15) is 0 Å². The molecule has 0 amide bonds. The summed E-state index contributed by atoms with van der Waals surface area (Å²) in [7, 11) is 0. The summed E-state index contributed by atoms with van der Waals surface area (Å²) in [5.74, 6) is 0.0207. The van der Waals surface area contributed by atoms with Crippen LogP contribution in [0.3, 0.4) is 0 Å². The molecule has 0 saturated carbocycles. The van der Waals surface area contributed by atoms with Crippen LogP contribution in [0.4, 0.5) is 4.39 Å². The smallest absolute Gasteiger partial charge is 0.170 e. The fraction of sp³-hybridized carbons (Fsp3) is 0.154. The molecule has 0 unspecified atom stereocenters. The minimum absolute atomic E-state index is 0.0664. The van der Waals surface area contributed by atoms with Gasteiger partial charge in [0.1, 0.15) is 11.6 Å². The zero-order valence-electron chi connectivity index (χ0n) is 9.17. The Morgan fingerprint density at radius 2 is 2.18 bits per heavy atom. The second-order valence-electron chi connectivity index (χ2n) is 3.73. The maximum atomic E-state index is 13.0. The Balaban J connectivity index is 2.24. The maximum Gasteiger partial charge on any atom is 0.170 e. The topological polar surface area (TPSA) is 30.2 Å². The normalized spacial score (nSPS) is 10.5. The van der Waals surface area contributed by atoms with Gasteiger partial charge in [0.05, 0.1) is 11.8 Å². The molecule has 2 nitrogen and oxygen atoms in total. The molecule has 0 spiro atoms. The third kappa shape index (κ3) is 2.56. The number of benzene rings is 1. The van der Waals surface area contributed by atoms with Crippen LogP contribution in [0.1, 0.15) is 21.7 Å². The molecule has 0 radical (unpaired) electrons. The standard InChI is InChI=1S/C13H10ClFO2/c1-8-11(4-5-17-8)13(16)7-9-6-10(15)2-3-12(9)14/h2-6H,7H2,1H3. The molecule has 4 heteroatoms. The SMILES string of the molecule is Cc1occc1C(=O)Cc1cc(F)ccc1Cl. The lowest BCUT2D eigenvalue weighted by atomic mass is 10.0. The fourth-order valence-corrected chi connectivity index (χ4v) is 1.81. The van der Waals surface area contributed by atoms with E-state index in [1.54, 1.807) is 13.0 Å². The number of rotatable bonds is 3. The molecular weight excluding hydrogens is 243 g/mol. The number of aryl methyl sites for hydroxylation is 1. The van der Waals surface area contributed by atoms with Gasteiger partial charge in [0, 0.05) is 11.4 Å². The van der Waals surface area contributed by atoms with E-state index in [0.717, 1.165) is 0 Å². The number of Topliss-reactive ketones (excluding diaryl/α,β-unsaturated/α-hetero) is 1. The largest absolute Gasteiger partial charge is 0.469 e. The Hall–Kier alpha value is -1.61. The molecule has 0 aliphatic heterocycles. The van der Waals surface area contributed by atoms with Crippen LogP contribution in [0.15, 0.2) is 34.9 Å². The third-order valence-electron chi connectivity index (χ3n) is 2.52. The van der Waals surface area contributed by atoms with E-state index in [1.807, 2.05) is 0 Å². The molecular formula is C13H10ClFO2. The van der Waals surface area contributed by atoms with Crippen molar-refractivity contribution in [2.24, 2.45) is 0 Å². The zero-order chi connectivity index (χ0) is 12.4. The predicted octanol–water partition coefficient (Wildman–Crippen LogP) is 3.81. The van der Waals surface area contributed by atoms with E-state index in [9.17, 15) is 9.18 Å². The van der Waals surface area contributed by atoms with Gasteiger partial charge in [-0.05, 0) is 36.8 Å². The number of carbonyl (C=O) groups excluding carboxylic acids is 1. The quantitative estimate of drug-likeness (QED) is 0.778. The molecule has 0 saturated heterocycles. The second-order valence-corrected chi connectivity index (χ2v) is 4.13. The van der Waals surface area contributed by atoms with Crippen LogP contribution in [0.5, 0.6) is 0 Å². The van der Waals surface area contributed by atoms with Gasteiger partial charge in [-0.25, -0.2) is 4.39 Å². The maximum absolute atomic E-state index is 13.0. The molecule has 17 heavy (non-hydrogen) atoms. The van der Waals surface area contributed by atoms with Crippen molar-refractivity contribution in [3.05, 3.63) is 58.3 Å². The van der Waals surface area contributed by atoms with Gasteiger partial charge in [0.25, 0.3) is 0 Å². The van der Waals surface area contributed by atoms with Crippen molar-refractivity contribution in [2.75, 3.05) is 0 Å². The van der Waals surface area contributed by atoms with Crippen LogP contribution in [0.2, 0.25) is 5.02 Å². The van der Waals surface area contributed by atoms with Gasteiger partial charge < -0.3 is 4.42 Å². The molecule has 88 valence electrons. The number of halogens is 2. The fourth-order valence-electron chi connectivity index (χ4n) is 1.62. The lowest BCUT2D eigenvalue weighted by Crippen LogP contribution is -2.04. The van der Waals surface area contributed by atoms with Crippen LogP contribution in [0.25, 0.3) is 0 Å². The van der Waals surface area contributed by atoms with Crippen LogP contribution >= 0.6 is 11.6 Å². The van der Waals surface area contributed by atoms with Gasteiger partial charge in [0.15, 0.2) is 5.78 Å². The monoisotopic (exact) mass is 252 g/mol. The summed E-state index contributed by atoms with van der Waals surface area (Å²) in [6.07, 6.45) is 1.52. The average Bonchev–Trinajstić information content (AvgIpc) is 2.70. The van der Waals surface area contributed by atoms with Crippen molar-refractivity contribution in [3.63, 3.8) is 0 Å². The summed E-state index contributed by atoms with van der Waals surface area (Å²) in [4.78, 5) is 11.9. The van der Waals surface area contributed by atoms with E-state index in [2.05, 4.69) is 0 Å². The molecule has 0 fully saturated rings. The summed E-state index contributed by atoms with van der Waals surface area (Å²) in [6, 6.07) is 5.58. The van der Waals surface area contributed by atoms with E-state index in [-0.39, 0.29) is 12.2 Å². The highest BCUT2D eigenvalue weighted by atomic mass is 35.5. The first-order chi connectivity index (χ1) is 8.08.